The molecule has 0 aromatic heterocycles. The molecule has 1 aliphatic heterocycles. The highest BCUT2D eigenvalue weighted by molar-refractivity contribution is 5.56. The van der Waals surface area contributed by atoms with Gasteiger partial charge in [-0.2, -0.15) is 0 Å². The third kappa shape index (κ3) is 0.983. The van der Waals surface area contributed by atoms with E-state index in [1.165, 1.54) is 0 Å². The third-order valence-electron chi connectivity index (χ3n) is 2.07. The molecule has 0 amide bonds. The molecule has 64 valence electrons. The van der Waals surface area contributed by atoms with Crippen LogP contribution in [0, 0.1) is 5.21 Å². The molecule has 1 aromatic carbocycles. The Morgan fingerprint density at radius 1 is 1.50 bits per heavy atom. The van der Waals surface area contributed by atoms with Gasteiger partial charge in [0.1, 0.15) is 6.10 Å². The first kappa shape index (κ1) is 7.58. The van der Waals surface area contributed by atoms with Crippen LogP contribution in [0.4, 0.5) is 5.69 Å². The summed E-state index contributed by atoms with van der Waals surface area (Å²) in [4.78, 5) is 5.06. The van der Waals surface area contributed by atoms with Crippen molar-refractivity contribution in [2.24, 2.45) is 0 Å². The number of hydrogen-bond acceptors (Lipinski definition) is 3. The first-order chi connectivity index (χ1) is 5.83. The zero-order chi connectivity index (χ0) is 8.55. The van der Waals surface area contributed by atoms with E-state index in [0.717, 1.165) is 12.0 Å². The van der Waals surface area contributed by atoms with Crippen molar-refractivity contribution >= 4 is 5.69 Å². The van der Waals surface area contributed by atoms with Crippen molar-refractivity contribution in [1.82, 2.24) is 0 Å². The normalized spacial score (nSPS) is 21.2. The van der Waals surface area contributed by atoms with E-state index < -0.39 is 0 Å². The van der Waals surface area contributed by atoms with Crippen molar-refractivity contribution in [2.45, 2.75) is 19.4 Å². The second-order valence-electron chi connectivity index (χ2n) is 2.82. The Morgan fingerprint density at radius 3 is 3.00 bits per heavy atom. The second kappa shape index (κ2) is 2.77. The van der Waals surface area contributed by atoms with E-state index in [2.05, 4.69) is 0 Å². The molecule has 3 heteroatoms. The maximum Gasteiger partial charge on any atom is 0.111 e. The van der Waals surface area contributed by atoms with Crippen molar-refractivity contribution in [1.29, 1.82) is 0 Å². The van der Waals surface area contributed by atoms with Crippen LogP contribution in [0.3, 0.4) is 0 Å². The van der Waals surface area contributed by atoms with Gasteiger partial charge < -0.3 is 10.4 Å². The Kier molecular flexibility index (Phi) is 1.75. The predicted octanol–water partition coefficient (Wildman–Crippen LogP) is 2.39. The fraction of sp³-hybridized carbons (Fsp3) is 0.333. The summed E-state index contributed by atoms with van der Waals surface area (Å²) in [6, 6.07) is 7.47. The molecule has 0 saturated heterocycles. The fourth-order valence-electron chi connectivity index (χ4n) is 1.45. The lowest BCUT2D eigenvalue weighted by molar-refractivity contribution is 0.0700. The van der Waals surface area contributed by atoms with Gasteiger partial charge in [-0.15, -0.1) is 0 Å². The van der Waals surface area contributed by atoms with Crippen LogP contribution in [0.1, 0.15) is 25.0 Å². The molecule has 12 heavy (non-hydrogen) atoms. The lowest BCUT2D eigenvalue weighted by Gasteiger charge is -2.23. The van der Waals surface area contributed by atoms with Gasteiger partial charge in [-0.05, 0) is 12.5 Å². The summed E-state index contributed by atoms with van der Waals surface area (Å²) in [5.74, 6) is 0. The van der Waals surface area contributed by atoms with Crippen molar-refractivity contribution in [3.05, 3.63) is 35.0 Å². The molecule has 0 N–H and O–H groups in total. The van der Waals surface area contributed by atoms with Gasteiger partial charge in [0, 0.05) is 5.56 Å². The number of hydrogen-bond donors (Lipinski definition) is 0. The number of nitrogens with zero attached hydrogens (tertiary/aromatic N) is 1. The van der Waals surface area contributed by atoms with E-state index in [9.17, 15) is 5.21 Å². The first-order valence-corrected chi connectivity index (χ1v) is 4.06. The molecule has 1 aromatic rings. The summed E-state index contributed by atoms with van der Waals surface area (Å²) in [5.41, 5.74) is 1.64. The average molecular weight is 164 g/mol. The van der Waals surface area contributed by atoms with Gasteiger partial charge in [-0.3, -0.25) is 4.84 Å². The lowest BCUT2D eigenvalue weighted by atomic mass is 10.1. The molecule has 0 spiro atoms. The van der Waals surface area contributed by atoms with Crippen LogP contribution in [-0.2, 0) is 4.84 Å². The Bertz CT molecular complexity index is 288. The molecule has 0 fully saturated rings. The van der Waals surface area contributed by atoms with Crippen LogP contribution in [-0.4, -0.2) is 0 Å². The Labute approximate surface area is 71.1 Å². The van der Waals surface area contributed by atoms with Crippen LogP contribution in [0.5, 0.6) is 0 Å². The quantitative estimate of drug-likeness (QED) is 0.639. The lowest BCUT2D eigenvalue weighted by Crippen LogP contribution is -2.09. The molecule has 2 rings (SSSR count). The smallest absolute Gasteiger partial charge is 0.111 e. The number of anilines is 1. The zero-order valence-electron chi connectivity index (χ0n) is 6.86. The van der Waals surface area contributed by atoms with E-state index in [4.69, 9.17) is 4.84 Å². The van der Waals surface area contributed by atoms with Gasteiger partial charge in [0.2, 0.25) is 0 Å². The first-order valence-electron chi connectivity index (χ1n) is 4.06. The highest BCUT2D eigenvalue weighted by Crippen LogP contribution is 2.37. The molecule has 1 aliphatic rings. The molecule has 0 aliphatic carbocycles. The minimum Gasteiger partial charge on any atom is -0.733 e. The third-order valence-corrected chi connectivity index (χ3v) is 2.07. The Balaban J connectivity index is 2.43. The summed E-state index contributed by atoms with van der Waals surface area (Å²) < 4.78 is 0. The minimum atomic E-state index is -0.0568. The van der Waals surface area contributed by atoms with Crippen LogP contribution < -0.4 is 5.23 Å². The summed E-state index contributed by atoms with van der Waals surface area (Å²) in [5, 5.41) is 11.7. The summed E-state index contributed by atoms with van der Waals surface area (Å²) in [7, 11) is 0. The van der Waals surface area contributed by atoms with Gasteiger partial charge >= 0.3 is 0 Å². The Morgan fingerprint density at radius 2 is 2.25 bits per heavy atom. The molecule has 0 radical (unpaired) electrons. The van der Waals surface area contributed by atoms with Crippen molar-refractivity contribution in [3.8, 4) is 0 Å². The fourth-order valence-corrected chi connectivity index (χ4v) is 1.45. The van der Waals surface area contributed by atoms with Gasteiger partial charge in [0.05, 0.1) is 5.69 Å². The van der Waals surface area contributed by atoms with E-state index >= 15 is 0 Å². The number of fused-ring (bicyclic) bond motifs is 1. The summed E-state index contributed by atoms with van der Waals surface area (Å²) in [6.45, 7) is 2.00. The van der Waals surface area contributed by atoms with Crippen LogP contribution >= 0.6 is 0 Å². The minimum absolute atomic E-state index is 0.0568. The van der Waals surface area contributed by atoms with Crippen molar-refractivity contribution in [3.63, 3.8) is 0 Å². The molecule has 3 nitrogen and oxygen atoms in total. The van der Waals surface area contributed by atoms with E-state index in [0.29, 0.717) is 10.9 Å². The largest absolute Gasteiger partial charge is 0.733 e. The number of rotatable bonds is 1. The van der Waals surface area contributed by atoms with Crippen molar-refractivity contribution < 1.29 is 4.84 Å². The van der Waals surface area contributed by atoms with Crippen molar-refractivity contribution in [2.75, 3.05) is 5.23 Å². The standard InChI is InChI=1S/C9H10NO2/c1-2-9-7-5-3-4-6-8(7)10(11)12-9/h3-6,9H,2H2,1H3/q-1. The highest BCUT2D eigenvalue weighted by atomic mass is 16.9. The maximum absolute atomic E-state index is 11.1. The summed E-state index contributed by atoms with van der Waals surface area (Å²) >= 11 is 0. The van der Waals surface area contributed by atoms with Crippen LogP contribution in [0.15, 0.2) is 24.3 Å². The predicted molar refractivity (Wildman–Crippen MR) is 46.4 cm³/mol. The SMILES string of the molecule is CCC1ON([O-])c2ccccc21. The topological polar surface area (TPSA) is 35.5 Å². The highest BCUT2D eigenvalue weighted by Gasteiger charge is 2.22. The van der Waals surface area contributed by atoms with E-state index in [-0.39, 0.29) is 6.10 Å². The second-order valence-corrected chi connectivity index (χ2v) is 2.82. The van der Waals surface area contributed by atoms with Gasteiger partial charge in [0.25, 0.3) is 0 Å². The average Bonchev–Trinajstić information content (AvgIpc) is 2.44. The van der Waals surface area contributed by atoms with Gasteiger partial charge in [0.15, 0.2) is 0 Å². The molecule has 0 bridgehead atoms. The summed E-state index contributed by atoms with van der Waals surface area (Å²) in [6.07, 6.45) is 0.772. The molecular formula is C9H10NO2-. The number of benzene rings is 1. The molecular weight excluding hydrogens is 154 g/mol. The van der Waals surface area contributed by atoms with Crippen LogP contribution in [0.2, 0.25) is 0 Å². The molecule has 1 atom stereocenters. The van der Waals surface area contributed by atoms with Crippen LogP contribution in [0.25, 0.3) is 0 Å². The van der Waals surface area contributed by atoms with E-state index in [1.807, 2.05) is 25.1 Å². The van der Waals surface area contributed by atoms with Gasteiger partial charge in [-0.1, -0.05) is 25.1 Å². The molecule has 1 heterocycles. The molecule has 0 saturated carbocycles. The Hall–Kier alpha value is -1.06. The monoisotopic (exact) mass is 164 g/mol. The van der Waals surface area contributed by atoms with E-state index in [1.54, 1.807) is 6.07 Å². The number of para-hydroxylation sites is 1. The molecule has 1 unspecified atom stereocenters. The van der Waals surface area contributed by atoms with Gasteiger partial charge in [-0.25, -0.2) is 0 Å². The maximum atomic E-state index is 11.1. The zero-order valence-corrected chi connectivity index (χ0v) is 6.86.